The van der Waals surface area contributed by atoms with Gasteiger partial charge in [0, 0.05) is 18.7 Å². The van der Waals surface area contributed by atoms with Crippen LogP contribution in [0.25, 0.3) is 0 Å². The SMILES string of the molecule is CCC1CCCCN1Cc1ccc(N)c([N+](=O)[O-])c1. The van der Waals surface area contributed by atoms with Gasteiger partial charge in [-0.25, -0.2) is 0 Å². The molecule has 2 N–H and O–H groups in total. The van der Waals surface area contributed by atoms with Gasteiger partial charge in [-0.15, -0.1) is 0 Å². The average molecular weight is 263 g/mol. The van der Waals surface area contributed by atoms with Gasteiger partial charge < -0.3 is 5.73 Å². The highest BCUT2D eigenvalue weighted by Crippen LogP contribution is 2.26. The Morgan fingerprint density at radius 2 is 2.26 bits per heavy atom. The van der Waals surface area contributed by atoms with E-state index in [-0.39, 0.29) is 11.4 Å². The number of nitro benzene ring substituents is 1. The van der Waals surface area contributed by atoms with E-state index in [1.807, 2.05) is 6.07 Å². The van der Waals surface area contributed by atoms with Gasteiger partial charge >= 0.3 is 0 Å². The van der Waals surface area contributed by atoms with Crippen molar-refractivity contribution >= 4 is 11.4 Å². The zero-order chi connectivity index (χ0) is 13.8. The number of benzene rings is 1. The standard InChI is InChI=1S/C14H21N3O2/c1-2-12-5-3-4-8-16(12)10-11-6-7-13(15)14(9-11)17(18)19/h6-7,9,12H,2-5,8,10,15H2,1H3. The molecule has 0 saturated carbocycles. The fourth-order valence-electron chi connectivity index (χ4n) is 2.81. The predicted octanol–water partition coefficient (Wildman–Crippen LogP) is 2.94. The molecule has 0 spiro atoms. The smallest absolute Gasteiger partial charge is 0.292 e. The lowest BCUT2D eigenvalue weighted by Gasteiger charge is -2.35. The maximum Gasteiger partial charge on any atom is 0.292 e. The molecule has 0 bridgehead atoms. The number of nitrogens with two attached hydrogens (primary N) is 1. The van der Waals surface area contributed by atoms with E-state index in [1.165, 1.54) is 19.3 Å². The molecule has 0 aromatic heterocycles. The summed E-state index contributed by atoms with van der Waals surface area (Å²) in [6.45, 7) is 4.06. The Hall–Kier alpha value is -1.62. The summed E-state index contributed by atoms with van der Waals surface area (Å²) in [5, 5.41) is 10.9. The second-order valence-electron chi connectivity index (χ2n) is 5.18. The van der Waals surface area contributed by atoms with Gasteiger partial charge in [0.2, 0.25) is 0 Å². The number of nitrogen functional groups attached to an aromatic ring is 1. The highest BCUT2D eigenvalue weighted by Gasteiger charge is 2.21. The summed E-state index contributed by atoms with van der Waals surface area (Å²) < 4.78 is 0. The first-order valence-electron chi connectivity index (χ1n) is 6.88. The van der Waals surface area contributed by atoms with Gasteiger partial charge in [0.05, 0.1) is 4.92 Å². The number of hydrogen-bond acceptors (Lipinski definition) is 4. The molecular formula is C14H21N3O2. The molecule has 104 valence electrons. The van der Waals surface area contributed by atoms with Crippen LogP contribution in [-0.4, -0.2) is 22.4 Å². The van der Waals surface area contributed by atoms with E-state index in [2.05, 4.69) is 11.8 Å². The van der Waals surface area contributed by atoms with Gasteiger partial charge in [0.1, 0.15) is 5.69 Å². The average Bonchev–Trinajstić information content (AvgIpc) is 2.41. The van der Waals surface area contributed by atoms with E-state index in [4.69, 9.17) is 5.73 Å². The number of hydrogen-bond donors (Lipinski definition) is 1. The first kappa shape index (κ1) is 13.8. The van der Waals surface area contributed by atoms with Crippen molar-refractivity contribution in [3.8, 4) is 0 Å². The molecular weight excluding hydrogens is 242 g/mol. The fourth-order valence-corrected chi connectivity index (χ4v) is 2.81. The van der Waals surface area contributed by atoms with Crippen LogP contribution in [0.1, 0.15) is 38.2 Å². The second kappa shape index (κ2) is 6.02. The number of nitrogens with zero attached hydrogens (tertiary/aromatic N) is 2. The van der Waals surface area contributed by atoms with E-state index < -0.39 is 4.92 Å². The minimum atomic E-state index is -0.410. The molecule has 2 rings (SSSR count). The molecule has 1 aliphatic rings. The zero-order valence-corrected chi connectivity index (χ0v) is 11.3. The van der Waals surface area contributed by atoms with Gasteiger partial charge in [-0.2, -0.15) is 0 Å². The zero-order valence-electron chi connectivity index (χ0n) is 11.3. The predicted molar refractivity (Wildman–Crippen MR) is 75.8 cm³/mol. The summed E-state index contributed by atoms with van der Waals surface area (Å²) in [6, 6.07) is 5.74. The highest BCUT2D eigenvalue weighted by atomic mass is 16.6. The van der Waals surface area contributed by atoms with Crippen molar-refractivity contribution in [1.29, 1.82) is 0 Å². The molecule has 1 fully saturated rings. The molecule has 0 amide bonds. The van der Waals surface area contributed by atoms with Crippen LogP contribution in [0.3, 0.4) is 0 Å². The molecule has 0 radical (unpaired) electrons. The van der Waals surface area contributed by atoms with Crippen molar-refractivity contribution in [3.05, 3.63) is 33.9 Å². The minimum Gasteiger partial charge on any atom is -0.393 e. The largest absolute Gasteiger partial charge is 0.393 e. The van der Waals surface area contributed by atoms with Crippen molar-refractivity contribution in [3.63, 3.8) is 0 Å². The maximum absolute atomic E-state index is 10.9. The van der Waals surface area contributed by atoms with E-state index in [0.717, 1.165) is 25.1 Å². The third kappa shape index (κ3) is 3.23. The highest BCUT2D eigenvalue weighted by molar-refractivity contribution is 5.59. The van der Waals surface area contributed by atoms with E-state index >= 15 is 0 Å². The van der Waals surface area contributed by atoms with E-state index in [9.17, 15) is 10.1 Å². The van der Waals surface area contributed by atoms with Crippen LogP contribution in [0.2, 0.25) is 0 Å². The molecule has 1 saturated heterocycles. The third-order valence-corrected chi connectivity index (χ3v) is 3.90. The number of piperidine rings is 1. The van der Waals surface area contributed by atoms with Crippen LogP contribution in [0.5, 0.6) is 0 Å². The van der Waals surface area contributed by atoms with Crippen molar-refractivity contribution in [1.82, 2.24) is 4.90 Å². The Morgan fingerprint density at radius 3 is 2.95 bits per heavy atom. The second-order valence-corrected chi connectivity index (χ2v) is 5.18. The summed E-state index contributed by atoms with van der Waals surface area (Å²) >= 11 is 0. The number of likely N-dealkylation sites (tertiary alicyclic amines) is 1. The van der Waals surface area contributed by atoms with Crippen molar-refractivity contribution in [2.24, 2.45) is 0 Å². The molecule has 5 nitrogen and oxygen atoms in total. The van der Waals surface area contributed by atoms with Gasteiger partial charge in [-0.3, -0.25) is 15.0 Å². The van der Waals surface area contributed by atoms with Gasteiger partial charge in [-0.1, -0.05) is 19.4 Å². The van der Waals surface area contributed by atoms with Gasteiger partial charge in [0.15, 0.2) is 0 Å². The number of nitro groups is 1. The van der Waals surface area contributed by atoms with Crippen molar-refractivity contribution in [2.45, 2.75) is 45.2 Å². The monoisotopic (exact) mass is 263 g/mol. The lowest BCUT2D eigenvalue weighted by molar-refractivity contribution is -0.384. The molecule has 1 aliphatic heterocycles. The summed E-state index contributed by atoms with van der Waals surface area (Å²) in [5.74, 6) is 0. The van der Waals surface area contributed by atoms with Crippen LogP contribution in [0, 0.1) is 10.1 Å². The van der Waals surface area contributed by atoms with Crippen LogP contribution < -0.4 is 5.73 Å². The van der Waals surface area contributed by atoms with Crippen LogP contribution in [0.15, 0.2) is 18.2 Å². The molecule has 19 heavy (non-hydrogen) atoms. The Labute approximate surface area is 113 Å². The lowest BCUT2D eigenvalue weighted by Crippen LogP contribution is -2.38. The lowest BCUT2D eigenvalue weighted by atomic mass is 9.99. The summed E-state index contributed by atoms with van der Waals surface area (Å²) in [5.41, 5.74) is 6.85. The molecule has 1 atom stereocenters. The summed E-state index contributed by atoms with van der Waals surface area (Å²) in [4.78, 5) is 12.9. The third-order valence-electron chi connectivity index (χ3n) is 3.90. The quantitative estimate of drug-likeness (QED) is 0.515. The molecule has 1 unspecified atom stereocenters. The first-order valence-corrected chi connectivity index (χ1v) is 6.88. The Bertz CT molecular complexity index is 462. The molecule has 1 aromatic rings. The van der Waals surface area contributed by atoms with Crippen LogP contribution >= 0.6 is 0 Å². The molecule has 0 aliphatic carbocycles. The Morgan fingerprint density at radius 1 is 1.47 bits per heavy atom. The molecule has 5 heteroatoms. The van der Waals surface area contributed by atoms with Gasteiger partial charge in [0.25, 0.3) is 5.69 Å². The summed E-state index contributed by atoms with van der Waals surface area (Å²) in [6.07, 6.45) is 4.87. The fraction of sp³-hybridized carbons (Fsp3) is 0.571. The maximum atomic E-state index is 10.9. The van der Waals surface area contributed by atoms with Gasteiger partial charge in [-0.05, 0) is 37.4 Å². The molecule has 1 aromatic carbocycles. The number of rotatable bonds is 4. The minimum absolute atomic E-state index is 0.0163. The Kier molecular flexibility index (Phi) is 4.37. The van der Waals surface area contributed by atoms with Crippen LogP contribution in [0.4, 0.5) is 11.4 Å². The van der Waals surface area contributed by atoms with Crippen molar-refractivity contribution < 1.29 is 4.92 Å². The van der Waals surface area contributed by atoms with Crippen molar-refractivity contribution in [2.75, 3.05) is 12.3 Å². The topological polar surface area (TPSA) is 72.4 Å². The first-order chi connectivity index (χ1) is 9.11. The summed E-state index contributed by atoms with van der Waals surface area (Å²) in [7, 11) is 0. The normalized spacial score (nSPS) is 20.4. The Balaban J connectivity index is 2.14. The van der Waals surface area contributed by atoms with Crippen LogP contribution in [-0.2, 0) is 6.54 Å². The number of anilines is 1. The molecule has 1 heterocycles. The van der Waals surface area contributed by atoms with E-state index in [0.29, 0.717) is 6.04 Å². The van der Waals surface area contributed by atoms with E-state index in [1.54, 1.807) is 12.1 Å².